The van der Waals surface area contributed by atoms with Gasteiger partial charge in [0.2, 0.25) is 0 Å². The fourth-order valence-electron chi connectivity index (χ4n) is 4.28. The SMILES string of the molecule is COc1cc2c(cc1OCc1ccccc1)C(c1cc(C(C)(C)C)ccc1OC)NCC2. The highest BCUT2D eigenvalue weighted by molar-refractivity contribution is 5.54. The van der Waals surface area contributed by atoms with Gasteiger partial charge >= 0.3 is 0 Å². The van der Waals surface area contributed by atoms with E-state index < -0.39 is 0 Å². The van der Waals surface area contributed by atoms with Crippen molar-refractivity contribution in [2.24, 2.45) is 0 Å². The molecular weight excluding hydrogens is 398 g/mol. The molecule has 3 aromatic carbocycles. The molecule has 4 rings (SSSR count). The average Bonchev–Trinajstić information content (AvgIpc) is 2.81. The van der Waals surface area contributed by atoms with E-state index >= 15 is 0 Å². The Hall–Kier alpha value is -2.98. The van der Waals surface area contributed by atoms with Gasteiger partial charge in [0, 0.05) is 12.1 Å². The summed E-state index contributed by atoms with van der Waals surface area (Å²) >= 11 is 0. The average molecular weight is 432 g/mol. The number of hydrogen-bond acceptors (Lipinski definition) is 4. The van der Waals surface area contributed by atoms with Crippen LogP contribution in [-0.4, -0.2) is 20.8 Å². The lowest BCUT2D eigenvalue weighted by Crippen LogP contribution is -2.31. The second-order valence-electron chi connectivity index (χ2n) is 9.32. The van der Waals surface area contributed by atoms with E-state index in [1.807, 2.05) is 18.2 Å². The van der Waals surface area contributed by atoms with Crippen molar-refractivity contribution >= 4 is 0 Å². The highest BCUT2D eigenvalue weighted by atomic mass is 16.5. The molecule has 4 heteroatoms. The summed E-state index contributed by atoms with van der Waals surface area (Å²) in [4.78, 5) is 0. The van der Waals surface area contributed by atoms with Gasteiger partial charge in [0.15, 0.2) is 11.5 Å². The van der Waals surface area contributed by atoms with E-state index in [1.165, 1.54) is 16.7 Å². The maximum atomic E-state index is 6.21. The number of hydrogen-bond donors (Lipinski definition) is 1. The normalized spacial score (nSPS) is 15.7. The topological polar surface area (TPSA) is 39.7 Å². The third-order valence-electron chi connectivity index (χ3n) is 6.12. The summed E-state index contributed by atoms with van der Waals surface area (Å²) < 4.78 is 17.7. The zero-order chi connectivity index (χ0) is 22.7. The first-order chi connectivity index (χ1) is 15.4. The van der Waals surface area contributed by atoms with Crippen LogP contribution in [-0.2, 0) is 18.4 Å². The van der Waals surface area contributed by atoms with Crippen LogP contribution in [0, 0.1) is 0 Å². The molecule has 1 aliphatic heterocycles. The minimum absolute atomic E-state index is 0.0287. The van der Waals surface area contributed by atoms with Crippen molar-refractivity contribution in [1.82, 2.24) is 5.32 Å². The van der Waals surface area contributed by atoms with Crippen LogP contribution in [0.4, 0.5) is 0 Å². The van der Waals surface area contributed by atoms with Crippen LogP contribution in [0.2, 0.25) is 0 Å². The highest BCUT2D eigenvalue weighted by Gasteiger charge is 2.28. The molecule has 0 fully saturated rings. The van der Waals surface area contributed by atoms with E-state index in [9.17, 15) is 0 Å². The second kappa shape index (κ2) is 9.25. The Morgan fingerprint density at radius 2 is 1.59 bits per heavy atom. The Kier molecular flexibility index (Phi) is 6.43. The molecule has 32 heavy (non-hydrogen) atoms. The first kappa shape index (κ1) is 22.2. The number of benzene rings is 3. The van der Waals surface area contributed by atoms with E-state index in [0.717, 1.165) is 41.3 Å². The van der Waals surface area contributed by atoms with Crippen molar-refractivity contribution in [2.75, 3.05) is 20.8 Å². The quantitative estimate of drug-likeness (QED) is 0.534. The Bertz CT molecular complexity index is 1070. The second-order valence-corrected chi connectivity index (χ2v) is 9.32. The maximum absolute atomic E-state index is 6.21. The monoisotopic (exact) mass is 431 g/mol. The standard InChI is InChI=1S/C28H33NO3/c1-28(2,3)21-11-12-24(30-4)23(16-21)27-22-17-26(32-18-19-9-7-6-8-10-19)25(31-5)15-20(22)13-14-29-27/h6-12,15-17,27,29H,13-14,18H2,1-5H3. The number of ether oxygens (including phenoxy) is 3. The first-order valence-electron chi connectivity index (χ1n) is 11.2. The molecule has 1 atom stereocenters. The molecule has 0 spiro atoms. The van der Waals surface area contributed by atoms with Crippen molar-refractivity contribution in [2.45, 2.75) is 45.3 Å². The molecular formula is C28H33NO3. The number of fused-ring (bicyclic) bond motifs is 1. The van der Waals surface area contributed by atoms with Crippen LogP contribution in [0.25, 0.3) is 0 Å². The largest absolute Gasteiger partial charge is 0.496 e. The molecule has 0 aromatic heterocycles. The maximum Gasteiger partial charge on any atom is 0.162 e. The van der Waals surface area contributed by atoms with Gasteiger partial charge in [-0.25, -0.2) is 0 Å². The Morgan fingerprint density at radius 3 is 2.28 bits per heavy atom. The van der Waals surface area contributed by atoms with Gasteiger partial charge in [0.25, 0.3) is 0 Å². The molecule has 1 aliphatic rings. The van der Waals surface area contributed by atoms with Gasteiger partial charge in [-0.05, 0) is 58.4 Å². The van der Waals surface area contributed by atoms with Crippen molar-refractivity contribution in [3.63, 3.8) is 0 Å². The van der Waals surface area contributed by atoms with Gasteiger partial charge in [0.05, 0.1) is 20.3 Å². The summed E-state index contributed by atoms with van der Waals surface area (Å²) in [5.41, 5.74) is 6.12. The number of methoxy groups -OCH3 is 2. The van der Waals surface area contributed by atoms with Gasteiger partial charge in [-0.1, -0.05) is 57.2 Å². The van der Waals surface area contributed by atoms with E-state index in [-0.39, 0.29) is 11.5 Å². The summed E-state index contributed by atoms with van der Waals surface area (Å²) in [7, 11) is 3.44. The lowest BCUT2D eigenvalue weighted by Gasteiger charge is -2.31. The Morgan fingerprint density at radius 1 is 0.844 bits per heavy atom. The van der Waals surface area contributed by atoms with Gasteiger partial charge in [-0.15, -0.1) is 0 Å². The van der Waals surface area contributed by atoms with E-state index in [2.05, 4.69) is 68.6 Å². The molecule has 1 N–H and O–H groups in total. The summed E-state index contributed by atoms with van der Waals surface area (Å²) in [6.07, 6.45) is 0.947. The van der Waals surface area contributed by atoms with Gasteiger partial charge in [-0.3, -0.25) is 0 Å². The molecule has 0 bridgehead atoms. The van der Waals surface area contributed by atoms with Crippen LogP contribution < -0.4 is 19.5 Å². The lowest BCUT2D eigenvalue weighted by atomic mass is 9.83. The fraction of sp³-hybridized carbons (Fsp3) is 0.357. The third-order valence-corrected chi connectivity index (χ3v) is 6.12. The first-order valence-corrected chi connectivity index (χ1v) is 11.2. The summed E-state index contributed by atoms with van der Waals surface area (Å²) in [5, 5.41) is 3.71. The van der Waals surface area contributed by atoms with Gasteiger partial charge in [-0.2, -0.15) is 0 Å². The minimum atomic E-state index is 0.0287. The van der Waals surface area contributed by atoms with E-state index in [0.29, 0.717) is 6.61 Å². The fourth-order valence-corrected chi connectivity index (χ4v) is 4.28. The molecule has 0 saturated carbocycles. The minimum Gasteiger partial charge on any atom is -0.496 e. The zero-order valence-corrected chi connectivity index (χ0v) is 19.7. The van der Waals surface area contributed by atoms with Crippen molar-refractivity contribution in [1.29, 1.82) is 0 Å². The van der Waals surface area contributed by atoms with Crippen LogP contribution in [0.1, 0.15) is 54.6 Å². The predicted octanol–water partition coefficient (Wildman–Crippen LogP) is 5.82. The number of rotatable bonds is 6. The Labute approximate surface area is 191 Å². The van der Waals surface area contributed by atoms with Crippen LogP contribution in [0.15, 0.2) is 60.7 Å². The number of nitrogens with one attached hydrogen (secondary N) is 1. The van der Waals surface area contributed by atoms with E-state index in [1.54, 1.807) is 14.2 Å². The molecule has 0 aliphatic carbocycles. The third kappa shape index (κ3) is 4.61. The lowest BCUT2D eigenvalue weighted by molar-refractivity contribution is 0.283. The molecule has 1 heterocycles. The van der Waals surface area contributed by atoms with E-state index in [4.69, 9.17) is 14.2 Å². The molecule has 4 nitrogen and oxygen atoms in total. The molecule has 0 saturated heterocycles. The summed E-state index contributed by atoms with van der Waals surface area (Å²) in [5.74, 6) is 2.43. The Balaban J connectivity index is 1.74. The summed E-state index contributed by atoms with van der Waals surface area (Å²) in [6, 6.07) is 21.0. The molecule has 0 amide bonds. The van der Waals surface area contributed by atoms with Gasteiger partial charge in [0.1, 0.15) is 12.4 Å². The van der Waals surface area contributed by atoms with Gasteiger partial charge < -0.3 is 19.5 Å². The predicted molar refractivity (Wildman–Crippen MR) is 129 cm³/mol. The molecule has 0 radical (unpaired) electrons. The molecule has 3 aromatic rings. The highest BCUT2D eigenvalue weighted by Crippen LogP contribution is 2.41. The summed E-state index contributed by atoms with van der Waals surface area (Å²) in [6.45, 7) is 8.11. The van der Waals surface area contributed by atoms with Crippen molar-refractivity contribution < 1.29 is 14.2 Å². The molecule has 168 valence electrons. The van der Waals surface area contributed by atoms with Crippen molar-refractivity contribution in [3.8, 4) is 17.2 Å². The zero-order valence-electron chi connectivity index (χ0n) is 19.7. The van der Waals surface area contributed by atoms with Crippen molar-refractivity contribution in [3.05, 3.63) is 88.5 Å². The van der Waals surface area contributed by atoms with Crippen LogP contribution >= 0.6 is 0 Å². The molecule has 1 unspecified atom stereocenters. The van der Waals surface area contributed by atoms with Crippen LogP contribution in [0.5, 0.6) is 17.2 Å². The smallest absolute Gasteiger partial charge is 0.162 e. The van der Waals surface area contributed by atoms with Crippen LogP contribution in [0.3, 0.4) is 0 Å².